The molecule has 144 valence electrons. The smallest absolute Gasteiger partial charge is 0.170 e. The van der Waals surface area contributed by atoms with Crippen LogP contribution >= 0.6 is 12.2 Å². The number of aromatic nitrogens is 2. The van der Waals surface area contributed by atoms with Gasteiger partial charge in [0.15, 0.2) is 5.11 Å². The largest absolute Gasteiger partial charge is 0.378 e. The van der Waals surface area contributed by atoms with E-state index in [0.717, 1.165) is 23.0 Å². The Kier molecular flexibility index (Phi) is 5.05. The first-order chi connectivity index (χ1) is 13.6. The predicted octanol–water partition coefficient (Wildman–Crippen LogP) is 3.93. The molecule has 1 aliphatic rings. The van der Waals surface area contributed by atoms with Crippen molar-refractivity contribution in [1.82, 2.24) is 19.8 Å². The SMILES string of the molecule is CCN1C(=S)N[C@H](c2ccccn2)[C@@H]1c1cccn1-c1ccc(N(C)C)cc1. The molecule has 1 aliphatic heterocycles. The number of thiocarbonyl (C=S) groups is 1. The third-order valence-corrected chi connectivity index (χ3v) is 5.62. The quantitative estimate of drug-likeness (QED) is 0.667. The lowest BCUT2D eigenvalue weighted by molar-refractivity contribution is 0.321. The Morgan fingerprint density at radius 2 is 1.86 bits per heavy atom. The minimum atomic E-state index is 0.0170. The fraction of sp³-hybridized carbons (Fsp3) is 0.273. The number of benzene rings is 1. The molecule has 28 heavy (non-hydrogen) atoms. The van der Waals surface area contributed by atoms with Crippen molar-refractivity contribution in [2.45, 2.75) is 19.0 Å². The van der Waals surface area contributed by atoms with Crippen molar-refractivity contribution in [3.8, 4) is 5.69 Å². The van der Waals surface area contributed by atoms with Crippen molar-refractivity contribution < 1.29 is 0 Å². The van der Waals surface area contributed by atoms with E-state index in [-0.39, 0.29) is 12.1 Å². The first kappa shape index (κ1) is 18.5. The maximum absolute atomic E-state index is 5.65. The van der Waals surface area contributed by atoms with Gasteiger partial charge in [-0.15, -0.1) is 0 Å². The Morgan fingerprint density at radius 3 is 2.50 bits per heavy atom. The number of hydrogen-bond acceptors (Lipinski definition) is 3. The van der Waals surface area contributed by atoms with Gasteiger partial charge >= 0.3 is 0 Å². The summed E-state index contributed by atoms with van der Waals surface area (Å²) in [6, 6.07) is 19.0. The highest BCUT2D eigenvalue weighted by Gasteiger charge is 2.40. The summed E-state index contributed by atoms with van der Waals surface area (Å²) < 4.78 is 2.25. The Morgan fingerprint density at radius 1 is 1.07 bits per heavy atom. The van der Waals surface area contributed by atoms with Gasteiger partial charge in [0.25, 0.3) is 0 Å². The second-order valence-electron chi connectivity index (χ2n) is 7.13. The van der Waals surface area contributed by atoms with E-state index in [1.54, 1.807) is 0 Å². The van der Waals surface area contributed by atoms with E-state index in [2.05, 4.69) is 94.3 Å². The van der Waals surface area contributed by atoms with Crippen molar-refractivity contribution in [3.63, 3.8) is 0 Å². The number of hydrogen-bond donors (Lipinski definition) is 1. The number of nitrogens with one attached hydrogen (secondary N) is 1. The summed E-state index contributed by atoms with van der Waals surface area (Å²) >= 11 is 5.65. The normalized spacial score (nSPS) is 19.0. The molecule has 5 nitrogen and oxygen atoms in total. The summed E-state index contributed by atoms with van der Waals surface area (Å²) in [7, 11) is 4.11. The zero-order chi connectivity index (χ0) is 19.7. The average Bonchev–Trinajstić information content (AvgIpc) is 3.32. The summed E-state index contributed by atoms with van der Waals surface area (Å²) in [4.78, 5) is 8.95. The fourth-order valence-electron chi connectivity index (χ4n) is 3.85. The van der Waals surface area contributed by atoms with Crippen LogP contribution in [0.25, 0.3) is 5.69 Å². The number of likely N-dealkylation sites (N-methyl/N-ethyl adjacent to an activating group) is 1. The van der Waals surface area contributed by atoms with Crippen molar-refractivity contribution >= 4 is 23.0 Å². The molecule has 0 bridgehead atoms. The van der Waals surface area contributed by atoms with Gasteiger partial charge in [-0.1, -0.05) is 6.07 Å². The average molecular weight is 392 g/mol. The van der Waals surface area contributed by atoms with Gasteiger partial charge in [-0.3, -0.25) is 4.98 Å². The molecule has 1 saturated heterocycles. The van der Waals surface area contributed by atoms with E-state index in [1.165, 1.54) is 11.4 Å². The molecule has 1 fully saturated rings. The van der Waals surface area contributed by atoms with Gasteiger partial charge in [0.2, 0.25) is 0 Å². The van der Waals surface area contributed by atoms with Crippen molar-refractivity contribution in [2.75, 3.05) is 25.5 Å². The second kappa shape index (κ2) is 7.64. The highest BCUT2D eigenvalue weighted by molar-refractivity contribution is 7.80. The third kappa shape index (κ3) is 3.24. The van der Waals surface area contributed by atoms with Gasteiger partial charge in [0.05, 0.1) is 17.8 Å². The molecule has 6 heteroatoms. The Hall–Kier alpha value is -2.86. The molecule has 0 saturated carbocycles. The molecule has 2 atom stereocenters. The van der Waals surface area contributed by atoms with Gasteiger partial charge in [-0.25, -0.2) is 0 Å². The van der Waals surface area contributed by atoms with Crippen LogP contribution in [0, 0.1) is 0 Å². The van der Waals surface area contributed by atoms with Crippen molar-refractivity contribution in [1.29, 1.82) is 0 Å². The molecule has 2 aromatic heterocycles. The predicted molar refractivity (Wildman–Crippen MR) is 118 cm³/mol. The first-order valence-corrected chi connectivity index (χ1v) is 9.94. The molecule has 0 aliphatic carbocycles. The van der Waals surface area contributed by atoms with Gasteiger partial charge < -0.3 is 19.7 Å². The monoisotopic (exact) mass is 391 g/mol. The lowest BCUT2D eigenvalue weighted by Gasteiger charge is -2.28. The van der Waals surface area contributed by atoms with Crippen LogP contribution in [-0.4, -0.2) is 40.2 Å². The highest BCUT2D eigenvalue weighted by atomic mass is 32.1. The molecule has 4 rings (SSSR count). The van der Waals surface area contributed by atoms with Crippen LogP contribution < -0.4 is 10.2 Å². The van der Waals surface area contributed by atoms with Crippen LogP contribution in [0.3, 0.4) is 0 Å². The number of anilines is 1. The van der Waals surface area contributed by atoms with Gasteiger partial charge in [-0.05, 0) is 67.7 Å². The molecule has 0 amide bonds. The van der Waals surface area contributed by atoms with E-state index in [4.69, 9.17) is 12.2 Å². The van der Waals surface area contributed by atoms with Crippen LogP contribution in [0.15, 0.2) is 67.0 Å². The Balaban J connectivity index is 1.76. The lowest BCUT2D eigenvalue weighted by Crippen LogP contribution is -2.30. The number of nitrogens with zero attached hydrogens (tertiary/aromatic N) is 4. The molecule has 0 unspecified atom stereocenters. The van der Waals surface area contributed by atoms with Gasteiger partial charge in [0.1, 0.15) is 0 Å². The molecular weight excluding hydrogens is 366 g/mol. The molecule has 1 N–H and O–H groups in total. The van der Waals surface area contributed by atoms with Crippen LogP contribution in [0.5, 0.6) is 0 Å². The first-order valence-electron chi connectivity index (χ1n) is 9.53. The molecule has 3 aromatic rings. The van der Waals surface area contributed by atoms with E-state index in [9.17, 15) is 0 Å². The van der Waals surface area contributed by atoms with Crippen molar-refractivity contribution in [3.05, 3.63) is 78.4 Å². The third-order valence-electron chi connectivity index (χ3n) is 5.27. The zero-order valence-corrected chi connectivity index (χ0v) is 17.2. The zero-order valence-electron chi connectivity index (χ0n) is 16.4. The summed E-state index contributed by atoms with van der Waals surface area (Å²) in [5.74, 6) is 0. The van der Waals surface area contributed by atoms with E-state index in [0.29, 0.717) is 0 Å². The molecule has 0 spiro atoms. The number of pyridine rings is 1. The molecule has 1 aromatic carbocycles. The minimum absolute atomic E-state index is 0.0170. The molecule has 0 radical (unpaired) electrons. The van der Waals surface area contributed by atoms with Crippen LogP contribution in [-0.2, 0) is 0 Å². The van der Waals surface area contributed by atoms with Crippen LogP contribution in [0.1, 0.15) is 30.4 Å². The van der Waals surface area contributed by atoms with Gasteiger partial charge in [-0.2, -0.15) is 0 Å². The Labute approximate surface area is 171 Å². The summed E-state index contributed by atoms with van der Waals surface area (Å²) in [6.45, 7) is 2.98. The maximum atomic E-state index is 5.65. The van der Waals surface area contributed by atoms with Crippen LogP contribution in [0.2, 0.25) is 0 Å². The van der Waals surface area contributed by atoms with Crippen LogP contribution in [0.4, 0.5) is 5.69 Å². The molecule has 3 heterocycles. The standard InChI is InChI=1S/C22H25N5S/c1-4-26-21(20(24-22(26)28)18-8-5-6-14-23-18)19-9-7-15-27(19)17-12-10-16(11-13-17)25(2)3/h5-15,20-21H,4H2,1-3H3,(H,24,28)/t20-,21+/m1/s1. The van der Waals surface area contributed by atoms with Gasteiger partial charge in [0, 0.05) is 50.1 Å². The topological polar surface area (TPSA) is 36.3 Å². The van der Waals surface area contributed by atoms with E-state index >= 15 is 0 Å². The summed E-state index contributed by atoms with van der Waals surface area (Å²) in [5.41, 5.74) is 4.52. The fourth-order valence-corrected chi connectivity index (χ4v) is 4.22. The molecular formula is C22H25N5S. The summed E-state index contributed by atoms with van der Waals surface area (Å²) in [5, 5.41) is 4.26. The van der Waals surface area contributed by atoms with Crippen molar-refractivity contribution in [2.24, 2.45) is 0 Å². The van der Waals surface area contributed by atoms with E-state index in [1.807, 2.05) is 18.3 Å². The minimum Gasteiger partial charge on any atom is -0.378 e. The Bertz CT molecular complexity index is 949. The summed E-state index contributed by atoms with van der Waals surface area (Å²) in [6.07, 6.45) is 3.95. The van der Waals surface area contributed by atoms with E-state index < -0.39 is 0 Å². The maximum Gasteiger partial charge on any atom is 0.170 e. The highest BCUT2D eigenvalue weighted by Crippen LogP contribution is 2.39. The number of rotatable bonds is 5. The lowest BCUT2D eigenvalue weighted by atomic mass is 10.0. The second-order valence-corrected chi connectivity index (χ2v) is 7.51.